The molecule has 12 aromatic rings. The Morgan fingerprint density at radius 3 is 1.51 bits per heavy atom. The number of hydrogen-bond donors (Lipinski definition) is 0. The minimum absolute atomic E-state index is 1.07. The van der Waals surface area contributed by atoms with Crippen LogP contribution in [-0.2, 0) is 0 Å². The topological polar surface area (TPSA) is 13.1 Å². The molecule has 12 rings (SSSR count). The Morgan fingerprint density at radius 1 is 0.270 bits per heavy atom. The summed E-state index contributed by atoms with van der Waals surface area (Å²) in [6, 6.07) is 90.2. The predicted molar refractivity (Wildman–Crippen MR) is 266 cm³/mol. The second-order valence-electron chi connectivity index (χ2n) is 16.1. The number of benzene rings is 10. The maximum Gasteiger partial charge on any atom is 0.0561 e. The summed E-state index contributed by atoms with van der Waals surface area (Å²) in [5.41, 5.74) is 17.3. The second kappa shape index (κ2) is 15.3. The summed E-state index contributed by atoms with van der Waals surface area (Å²) in [4.78, 5) is 2.46. The van der Waals surface area contributed by atoms with Gasteiger partial charge in [-0.25, -0.2) is 0 Å². The fourth-order valence-electron chi connectivity index (χ4n) is 9.70. The van der Waals surface area contributed by atoms with E-state index in [1.807, 2.05) is 0 Å². The van der Waals surface area contributed by atoms with E-state index in [0.29, 0.717) is 0 Å². The maximum atomic E-state index is 2.46. The Kier molecular flexibility index (Phi) is 8.83. The van der Waals surface area contributed by atoms with E-state index in [-0.39, 0.29) is 0 Å². The number of aromatic nitrogens is 2. The highest BCUT2D eigenvalue weighted by Gasteiger charge is 2.22. The zero-order valence-electron chi connectivity index (χ0n) is 34.5. The number of anilines is 3. The van der Waals surface area contributed by atoms with Gasteiger partial charge >= 0.3 is 0 Å². The number of rotatable bonds is 8. The van der Waals surface area contributed by atoms with E-state index in [0.717, 1.165) is 50.6 Å². The predicted octanol–water partition coefficient (Wildman–Crippen LogP) is 16.4. The Hall–Kier alpha value is -8.40. The molecule has 0 N–H and O–H groups in total. The molecule has 0 amide bonds. The van der Waals surface area contributed by atoms with Gasteiger partial charge in [0.2, 0.25) is 0 Å². The molecule has 63 heavy (non-hydrogen) atoms. The summed E-state index contributed by atoms with van der Waals surface area (Å²) >= 11 is 0. The van der Waals surface area contributed by atoms with Crippen LogP contribution in [0.3, 0.4) is 0 Å². The molecule has 0 atom stereocenters. The molecule has 0 aliphatic heterocycles. The van der Waals surface area contributed by atoms with Gasteiger partial charge in [0.25, 0.3) is 0 Å². The van der Waals surface area contributed by atoms with Crippen molar-refractivity contribution in [1.29, 1.82) is 0 Å². The molecule has 0 unspecified atom stereocenters. The van der Waals surface area contributed by atoms with Gasteiger partial charge in [0.15, 0.2) is 0 Å². The lowest BCUT2D eigenvalue weighted by molar-refractivity contribution is 1.18. The van der Waals surface area contributed by atoms with Gasteiger partial charge in [0.1, 0.15) is 0 Å². The fraction of sp³-hybridized carbons (Fsp3) is 0. The number of hydrogen-bond acceptors (Lipinski definition) is 1. The molecule has 0 radical (unpaired) electrons. The summed E-state index contributed by atoms with van der Waals surface area (Å²) in [7, 11) is 0. The molecule has 3 nitrogen and oxygen atoms in total. The highest BCUT2D eigenvalue weighted by Crippen LogP contribution is 2.46. The van der Waals surface area contributed by atoms with Crippen LogP contribution in [0.2, 0.25) is 0 Å². The van der Waals surface area contributed by atoms with Crippen molar-refractivity contribution in [2.45, 2.75) is 0 Å². The third-order valence-corrected chi connectivity index (χ3v) is 12.5. The first-order valence-corrected chi connectivity index (χ1v) is 21.6. The molecule has 0 saturated carbocycles. The number of fused-ring (bicyclic) bond motifs is 6. The lowest BCUT2D eigenvalue weighted by atomic mass is 9.95. The van der Waals surface area contributed by atoms with E-state index < -0.39 is 0 Å². The van der Waals surface area contributed by atoms with Crippen LogP contribution in [0.25, 0.3) is 88.4 Å². The molecular weight excluding hydrogens is 763 g/mol. The van der Waals surface area contributed by atoms with Gasteiger partial charge < -0.3 is 14.0 Å². The second-order valence-corrected chi connectivity index (χ2v) is 16.1. The third-order valence-electron chi connectivity index (χ3n) is 12.5. The average molecular weight is 804 g/mol. The summed E-state index contributed by atoms with van der Waals surface area (Å²) < 4.78 is 4.80. The van der Waals surface area contributed by atoms with Crippen LogP contribution in [-0.4, -0.2) is 9.13 Å². The van der Waals surface area contributed by atoms with Crippen LogP contribution in [0.4, 0.5) is 17.1 Å². The first-order chi connectivity index (χ1) is 31.3. The third kappa shape index (κ3) is 6.21. The molecule has 2 heterocycles. The van der Waals surface area contributed by atoms with Gasteiger partial charge in [0.05, 0.1) is 27.8 Å². The van der Waals surface area contributed by atoms with Crippen molar-refractivity contribution in [3.8, 4) is 44.8 Å². The zero-order valence-corrected chi connectivity index (χ0v) is 34.5. The monoisotopic (exact) mass is 803 g/mol. The number of nitrogens with zero attached hydrogens (tertiary/aromatic N) is 3. The van der Waals surface area contributed by atoms with Crippen molar-refractivity contribution in [1.82, 2.24) is 9.13 Å². The molecule has 0 saturated heterocycles. The smallest absolute Gasteiger partial charge is 0.0561 e. The van der Waals surface area contributed by atoms with Gasteiger partial charge in [-0.05, 0) is 107 Å². The summed E-state index contributed by atoms with van der Waals surface area (Å²) in [6.45, 7) is 0. The van der Waals surface area contributed by atoms with Crippen molar-refractivity contribution in [3.05, 3.63) is 249 Å². The van der Waals surface area contributed by atoms with Crippen molar-refractivity contribution in [2.75, 3.05) is 4.90 Å². The Morgan fingerprint density at radius 2 is 0.794 bits per heavy atom. The first kappa shape index (κ1) is 36.5. The molecule has 296 valence electrons. The maximum absolute atomic E-state index is 2.46. The zero-order chi connectivity index (χ0) is 41.7. The molecule has 0 aliphatic carbocycles. The van der Waals surface area contributed by atoms with Gasteiger partial charge in [-0.2, -0.15) is 0 Å². The van der Waals surface area contributed by atoms with E-state index >= 15 is 0 Å². The van der Waals surface area contributed by atoms with E-state index in [4.69, 9.17) is 0 Å². The minimum atomic E-state index is 1.07. The minimum Gasteiger partial charge on any atom is -0.310 e. The Bertz CT molecular complexity index is 3600. The van der Waals surface area contributed by atoms with Gasteiger partial charge in [0, 0.05) is 49.9 Å². The van der Waals surface area contributed by atoms with E-state index in [1.165, 1.54) is 54.8 Å². The number of para-hydroxylation sites is 4. The van der Waals surface area contributed by atoms with Crippen LogP contribution >= 0.6 is 0 Å². The molecule has 0 fully saturated rings. The van der Waals surface area contributed by atoms with Gasteiger partial charge in [-0.15, -0.1) is 0 Å². The lowest BCUT2D eigenvalue weighted by Crippen LogP contribution is -2.12. The normalized spacial score (nSPS) is 11.5. The van der Waals surface area contributed by atoms with Crippen LogP contribution in [0.15, 0.2) is 249 Å². The summed E-state index contributed by atoms with van der Waals surface area (Å²) in [5, 5.41) is 4.93. The summed E-state index contributed by atoms with van der Waals surface area (Å²) in [6.07, 6.45) is 0. The Labute approximate surface area is 366 Å². The van der Waals surface area contributed by atoms with Crippen LogP contribution in [0.1, 0.15) is 0 Å². The van der Waals surface area contributed by atoms with Crippen molar-refractivity contribution >= 4 is 60.7 Å². The quantitative estimate of drug-likeness (QED) is 0.149. The van der Waals surface area contributed by atoms with E-state index in [2.05, 4.69) is 263 Å². The first-order valence-electron chi connectivity index (χ1n) is 21.6. The Balaban J connectivity index is 1.12. The van der Waals surface area contributed by atoms with Crippen LogP contribution < -0.4 is 4.90 Å². The van der Waals surface area contributed by atoms with Crippen molar-refractivity contribution < 1.29 is 0 Å². The lowest BCUT2D eigenvalue weighted by Gasteiger charge is -2.29. The van der Waals surface area contributed by atoms with Gasteiger partial charge in [-0.1, -0.05) is 170 Å². The highest BCUT2D eigenvalue weighted by atomic mass is 15.1. The molecule has 2 aromatic heterocycles. The van der Waals surface area contributed by atoms with Crippen molar-refractivity contribution in [2.24, 2.45) is 0 Å². The molecular formula is C60H41N3. The van der Waals surface area contributed by atoms with E-state index in [9.17, 15) is 0 Å². The standard InChI is InChI=1S/C60H41N3/c1-5-19-42(20-6-1)44-35-38-57(54(40-44)43-21-7-2-8-22-43)61(49-36-37-52-51-29-13-15-32-55(51)63(59(52)41-49)47-26-11-4-12-27-47)48-28-17-23-45(39-48)50-31-18-34-58-60(50)53-30-14-16-33-56(53)62(58)46-24-9-3-10-25-46/h1-41H. The molecule has 0 spiro atoms. The van der Waals surface area contributed by atoms with Crippen molar-refractivity contribution in [3.63, 3.8) is 0 Å². The molecule has 10 aromatic carbocycles. The van der Waals surface area contributed by atoms with Gasteiger partial charge in [-0.3, -0.25) is 0 Å². The van der Waals surface area contributed by atoms with E-state index in [1.54, 1.807) is 0 Å². The molecule has 0 bridgehead atoms. The van der Waals surface area contributed by atoms with Crippen LogP contribution in [0.5, 0.6) is 0 Å². The average Bonchev–Trinajstić information content (AvgIpc) is 3.88. The molecule has 0 aliphatic rings. The molecule has 3 heteroatoms. The fourth-order valence-corrected chi connectivity index (χ4v) is 9.70. The SMILES string of the molecule is c1ccc(-c2ccc(N(c3cccc(-c4cccc5c4c4ccccc4n5-c4ccccc4)c3)c3ccc4c5ccccc5n(-c5ccccc5)c4c3)c(-c3ccccc3)c2)cc1. The largest absolute Gasteiger partial charge is 0.310 e. The highest BCUT2D eigenvalue weighted by molar-refractivity contribution is 6.16. The van der Waals surface area contributed by atoms with Crippen LogP contribution in [0, 0.1) is 0 Å². The summed E-state index contributed by atoms with van der Waals surface area (Å²) in [5.74, 6) is 0.